The Morgan fingerprint density at radius 1 is 1.14 bits per heavy atom. The number of hydrogen-bond acceptors (Lipinski definition) is 5. The first-order valence-electron chi connectivity index (χ1n) is 8.99. The number of nitrogens with one attached hydrogen (secondary N) is 1. The van der Waals surface area contributed by atoms with Crippen LogP contribution >= 0.6 is 23.1 Å². The van der Waals surface area contributed by atoms with E-state index in [0.29, 0.717) is 0 Å². The third-order valence-electron chi connectivity index (χ3n) is 4.44. The van der Waals surface area contributed by atoms with Crippen LogP contribution < -0.4 is 5.32 Å². The van der Waals surface area contributed by atoms with Crippen molar-refractivity contribution < 1.29 is 9.59 Å². The van der Waals surface area contributed by atoms with Gasteiger partial charge in [0.1, 0.15) is 5.01 Å². The van der Waals surface area contributed by atoms with Gasteiger partial charge >= 0.3 is 0 Å². The summed E-state index contributed by atoms with van der Waals surface area (Å²) < 4.78 is 1.12. The topological polar surface area (TPSA) is 62.3 Å². The molecule has 1 atom stereocenters. The lowest BCUT2D eigenvalue weighted by Crippen LogP contribution is -2.31. The molecule has 1 heterocycles. The summed E-state index contributed by atoms with van der Waals surface area (Å²) >= 11 is 2.92. The summed E-state index contributed by atoms with van der Waals surface area (Å²) in [4.78, 5) is 30.9. The number of aromatic nitrogens is 1. The van der Waals surface area contributed by atoms with Crippen molar-refractivity contribution >= 4 is 50.8 Å². The number of para-hydroxylation sites is 1. The lowest BCUT2D eigenvalue weighted by atomic mass is 10.2. The molecule has 1 N–H and O–H groups in total. The summed E-state index contributed by atoms with van der Waals surface area (Å²) in [5.41, 5.74) is 2.87. The van der Waals surface area contributed by atoms with E-state index in [0.717, 1.165) is 26.5 Å². The predicted molar refractivity (Wildman–Crippen MR) is 118 cm³/mol. The first-order valence-corrected chi connectivity index (χ1v) is 11.0. The molecule has 1 unspecified atom stereocenters. The Morgan fingerprint density at radius 3 is 2.57 bits per heavy atom. The molecule has 0 bridgehead atoms. The van der Waals surface area contributed by atoms with Crippen LogP contribution in [0.4, 0.5) is 5.69 Å². The summed E-state index contributed by atoms with van der Waals surface area (Å²) in [7, 11) is 1.78. The number of thiazole rings is 1. The van der Waals surface area contributed by atoms with Gasteiger partial charge in [0.25, 0.3) is 0 Å². The van der Waals surface area contributed by atoms with Crippen LogP contribution in [0.1, 0.15) is 23.5 Å². The Labute approximate surface area is 173 Å². The van der Waals surface area contributed by atoms with Gasteiger partial charge in [0, 0.05) is 12.7 Å². The van der Waals surface area contributed by atoms with Crippen LogP contribution in [0.2, 0.25) is 0 Å². The largest absolute Gasteiger partial charge is 0.336 e. The van der Waals surface area contributed by atoms with Gasteiger partial charge in [0.05, 0.1) is 27.8 Å². The van der Waals surface area contributed by atoms with E-state index >= 15 is 0 Å². The highest BCUT2D eigenvalue weighted by Gasteiger charge is 2.20. The minimum atomic E-state index is -0.108. The normalized spacial score (nSPS) is 12.0. The lowest BCUT2D eigenvalue weighted by Gasteiger charge is -2.23. The van der Waals surface area contributed by atoms with E-state index in [1.807, 2.05) is 62.4 Å². The standard InChI is InChI=1S/C21H23N3O2S2/c1-14-8-10-16(11-9-14)22-19(25)12-27-13-20(26)24(3)15(2)21-23-17-6-4-5-7-18(17)28-21/h4-11,15H,12-13H2,1-3H3,(H,22,25). The maximum Gasteiger partial charge on any atom is 0.234 e. The van der Waals surface area contributed by atoms with Crippen LogP contribution in [0.3, 0.4) is 0 Å². The number of fused-ring (bicyclic) bond motifs is 1. The van der Waals surface area contributed by atoms with E-state index in [2.05, 4.69) is 10.3 Å². The van der Waals surface area contributed by atoms with Gasteiger partial charge in [-0.25, -0.2) is 4.98 Å². The van der Waals surface area contributed by atoms with Crippen LogP contribution in [0.5, 0.6) is 0 Å². The van der Waals surface area contributed by atoms with E-state index in [9.17, 15) is 9.59 Å². The van der Waals surface area contributed by atoms with Crippen molar-refractivity contribution in [2.75, 3.05) is 23.9 Å². The fraction of sp³-hybridized carbons (Fsp3) is 0.286. The van der Waals surface area contributed by atoms with Crippen LogP contribution in [0, 0.1) is 6.92 Å². The van der Waals surface area contributed by atoms with Crippen LogP contribution in [-0.4, -0.2) is 40.3 Å². The van der Waals surface area contributed by atoms with E-state index in [-0.39, 0.29) is 29.4 Å². The zero-order valence-corrected chi connectivity index (χ0v) is 17.8. The van der Waals surface area contributed by atoms with Crippen molar-refractivity contribution in [2.24, 2.45) is 0 Å². The van der Waals surface area contributed by atoms with Gasteiger partial charge in [-0.15, -0.1) is 23.1 Å². The maximum atomic E-state index is 12.5. The smallest absolute Gasteiger partial charge is 0.234 e. The number of thioether (sulfide) groups is 1. The molecule has 146 valence electrons. The number of carbonyl (C=O) groups excluding carboxylic acids is 2. The molecule has 0 radical (unpaired) electrons. The van der Waals surface area contributed by atoms with Crippen LogP contribution in [0.25, 0.3) is 10.2 Å². The quantitative estimate of drug-likeness (QED) is 0.620. The molecule has 28 heavy (non-hydrogen) atoms. The zero-order chi connectivity index (χ0) is 20.1. The number of hydrogen-bond donors (Lipinski definition) is 1. The highest BCUT2D eigenvalue weighted by molar-refractivity contribution is 8.00. The molecule has 2 amide bonds. The highest BCUT2D eigenvalue weighted by atomic mass is 32.2. The zero-order valence-electron chi connectivity index (χ0n) is 16.1. The lowest BCUT2D eigenvalue weighted by molar-refractivity contribution is -0.128. The van der Waals surface area contributed by atoms with Crippen LogP contribution in [-0.2, 0) is 9.59 Å². The Hall–Kier alpha value is -2.38. The minimum Gasteiger partial charge on any atom is -0.336 e. The Bertz CT molecular complexity index is 936. The molecule has 0 aliphatic heterocycles. The molecule has 7 heteroatoms. The van der Waals surface area contributed by atoms with Gasteiger partial charge in [0.2, 0.25) is 11.8 Å². The summed E-state index contributed by atoms with van der Waals surface area (Å²) in [6.45, 7) is 3.98. The average Bonchev–Trinajstić information content (AvgIpc) is 3.12. The van der Waals surface area contributed by atoms with Crippen molar-refractivity contribution in [3.63, 3.8) is 0 Å². The number of amides is 2. The number of anilines is 1. The molecule has 0 aliphatic carbocycles. The molecule has 3 aromatic rings. The molecule has 0 fully saturated rings. The van der Waals surface area contributed by atoms with E-state index in [4.69, 9.17) is 0 Å². The van der Waals surface area contributed by atoms with E-state index < -0.39 is 0 Å². The average molecular weight is 414 g/mol. The first kappa shape index (κ1) is 20.4. The number of rotatable bonds is 7. The van der Waals surface area contributed by atoms with Gasteiger partial charge in [-0.05, 0) is 38.1 Å². The van der Waals surface area contributed by atoms with Crippen molar-refractivity contribution in [3.05, 3.63) is 59.1 Å². The Balaban J connectivity index is 1.48. The first-order chi connectivity index (χ1) is 13.4. The third-order valence-corrected chi connectivity index (χ3v) is 6.56. The SMILES string of the molecule is Cc1ccc(NC(=O)CSCC(=O)N(C)C(C)c2nc3ccccc3s2)cc1. The summed E-state index contributed by atoms with van der Waals surface area (Å²) in [5, 5.41) is 3.76. The summed E-state index contributed by atoms with van der Waals surface area (Å²) in [6, 6.07) is 15.5. The summed E-state index contributed by atoms with van der Waals surface area (Å²) in [6.07, 6.45) is 0. The van der Waals surface area contributed by atoms with Crippen LogP contribution in [0.15, 0.2) is 48.5 Å². The molecule has 0 saturated heterocycles. The maximum absolute atomic E-state index is 12.5. The second kappa shape index (κ2) is 9.21. The molecule has 2 aromatic carbocycles. The number of carbonyl (C=O) groups is 2. The number of aryl methyl sites for hydroxylation is 1. The van der Waals surface area contributed by atoms with E-state index in [1.165, 1.54) is 11.8 Å². The monoisotopic (exact) mass is 413 g/mol. The van der Waals surface area contributed by atoms with Crippen molar-refractivity contribution in [3.8, 4) is 0 Å². The van der Waals surface area contributed by atoms with E-state index in [1.54, 1.807) is 23.3 Å². The molecule has 0 aliphatic rings. The highest BCUT2D eigenvalue weighted by Crippen LogP contribution is 2.29. The van der Waals surface area contributed by atoms with Gasteiger partial charge in [-0.1, -0.05) is 29.8 Å². The molecular weight excluding hydrogens is 390 g/mol. The molecule has 0 spiro atoms. The van der Waals surface area contributed by atoms with Crippen molar-refractivity contribution in [1.82, 2.24) is 9.88 Å². The molecule has 3 rings (SSSR count). The second-order valence-corrected chi connectivity index (χ2v) is 8.66. The Morgan fingerprint density at radius 2 is 1.86 bits per heavy atom. The van der Waals surface area contributed by atoms with Gasteiger partial charge in [-0.3, -0.25) is 9.59 Å². The number of nitrogens with zero attached hydrogens (tertiary/aromatic N) is 2. The fourth-order valence-electron chi connectivity index (χ4n) is 2.62. The molecule has 1 aromatic heterocycles. The van der Waals surface area contributed by atoms with Gasteiger partial charge in [0.15, 0.2) is 0 Å². The van der Waals surface area contributed by atoms with Crippen molar-refractivity contribution in [1.29, 1.82) is 0 Å². The molecular formula is C21H23N3O2S2. The molecule has 5 nitrogen and oxygen atoms in total. The van der Waals surface area contributed by atoms with Gasteiger partial charge < -0.3 is 10.2 Å². The fourth-order valence-corrected chi connectivity index (χ4v) is 4.42. The van der Waals surface area contributed by atoms with Crippen molar-refractivity contribution in [2.45, 2.75) is 19.9 Å². The minimum absolute atomic E-state index is 0.0140. The number of benzene rings is 2. The van der Waals surface area contributed by atoms with Gasteiger partial charge in [-0.2, -0.15) is 0 Å². The second-order valence-electron chi connectivity index (χ2n) is 6.61. The predicted octanol–water partition coefficient (Wildman–Crippen LogP) is 4.50. The third kappa shape index (κ3) is 5.11. The molecule has 0 saturated carbocycles. The Kier molecular flexibility index (Phi) is 6.70. The summed E-state index contributed by atoms with van der Waals surface area (Å²) in [5.74, 6) is 0.374.